The number of hydrogen-bond donors (Lipinski definition) is 2. The maximum absolute atomic E-state index is 12.0. The molecule has 2 N–H and O–H groups in total. The van der Waals surface area contributed by atoms with Crippen LogP contribution in [0.25, 0.3) is 11.1 Å². The molecule has 2 rings (SSSR count). The maximum Gasteiger partial charge on any atom is 0.426 e. The minimum atomic E-state index is -0.709. The van der Waals surface area contributed by atoms with Crippen LogP contribution in [0.1, 0.15) is 31.1 Å². The van der Waals surface area contributed by atoms with Gasteiger partial charge in [0.2, 0.25) is 0 Å². The molecular formula is C17H19N3O3. The number of hydrazine groups is 1. The number of nitrogens with zero attached hydrogens (tertiary/aromatic N) is 1. The zero-order valence-corrected chi connectivity index (χ0v) is 13.3. The smallest absolute Gasteiger partial charge is 0.426 e. The van der Waals surface area contributed by atoms with Gasteiger partial charge in [0.05, 0.1) is 0 Å². The second kappa shape index (κ2) is 6.91. The number of pyridine rings is 1. The summed E-state index contributed by atoms with van der Waals surface area (Å²) in [7, 11) is 0. The van der Waals surface area contributed by atoms with E-state index >= 15 is 0 Å². The summed E-state index contributed by atoms with van der Waals surface area (Å²) < 4.78 is 5.03. The van der Waals surface area contributed by atoms with Crippen molar-refractivity contribution in [3.63, 3.8) is 0 Å². The molecule has 2 amide bonds. The number of nitrogens with one attached hydrogen (secondary N) is 2. The van der Waals surface area contributed by atoms with Gasteiger partial charge in [-0.15, -0.1) is 0 Å². The number of hydrogen-bond acceptors (Lipinski definition) is 4. The minimum absolute atomic E-state index is 0.419. The fourth-order valence-electron chi connectivity index (χ4n) is 1.84. The summed E-state index contributed by atoms with van der Waals surface area (Å²) in [5.74, 6) is -0.419. The third kappa shape index (κ3) is 5.10. The molecule has 23 heavy (non-hydrogen) atoms. The molecule has 0 saturated heterocycles. The zero-order valence-electron chi connectivity index (χ0n) is 13.3. The highest BCUT2D eigenvalue weighted by atomic mass is 16.6. The molecule has 0 bridgehead atoms. The molecule has 0 saturated carbocycles. The lowest BCUT2D eigenvalue weighted by molar-refractivity contribution is 0.0483. The normalized spacial score (nSPS) is 10.7. The number of aromatic nitrogens is 1. The number of ether oxygens (including phenoxy) is 1. The van der Waals surface area contributed by atoms with E-state index in [1.165, 1.54) is 0 Å². The largest absolute Gasteiger partial charge is 0.443 e. The Labute approximate surface area is 134 Å². The highest BCUT2D eigenvalue weighted by Crippen LogP contribution is 2.18. The molecule has 0 atom stereocenters. The monoisotopic (exact) mass is 313 g/mol. The Bertz CT molecular complexity index is 676. The number of rotatable bonds is 2. The Balaban J connectivity index is 1.94. The molecule has 6 nitrogen and oxygen atoms in total. The lowest BCUT2D eigenvalue weighted by Gasteiger charge is -2.19. The lowest BCUT2D eigenvalue weighted by atomic mass is 10.1. The number of amides is 2. The summed E-state index contributed by atoms with van der Waals surface area (Å²) in [4.78, 5) is 27.4. The molecular weight excluding hydrogens is 294 g/mol. The standard InChI is InChI=1S/C17H19N3O3/c1-17(2,3)23-16(22)20-19-15(21)14-6-4-12(5-7-14)13-8-10-18-11-9-13/h4-11H,1-3H3,(H,19,21)(H,20,22). The molecule has 1 heterocycles. The van der Waals surface area contributed by atoms with Crippen molar-refractivity contribution < 1.29 is 14.3 Å². The van der Waals surface area contributed by atoms with Gasteiger partial charge >= 0.3 is 6.09 Å². The van der Waals surface area contributed by atoms with Crippen molar-refractivity contribution in [3.8, 4) is 11.1 Å². The van der Waals surface area contributed by atoms with E-state index in [-0.39, 0.29) is 0 Å². The Kier molecular flexibility index (Phi) is 4.95. The molecule has 0 spiro atoms. The molecule has 6 heteroatoms. The van der Waals surface area contributed by atoms with Crippen molar-refractivity contribution in [1.82, 2.24) is 15.8 Å². The first kappa shape index (κ1) is 16.5. The van der Waals surface area contributed by atoms with Crippen LogP contribution in [0.15, 0.2) is 48.8 Å². The van der Waals surface area contributed by atoms with E-state index in [1.54, 1.807) is 45.3 Å². The van der Waals surface area contributed by atoms with Gasteiger partial charge in [0, 0.05) is 18.0 Å². The first-order valence-corrected chi connectivity index (χ1v) is 7.15. The van der Waals surface area contributed by atoms with Crippen LogP contribution < -0.4 is 10.9 Å². The van der Waals surface area contributed by atoms with Crippen LogP contribution in [0.4, 0.5) is 4.79 Å². The fraction of sp³-hybridized carbons (Fsp3) is 0.235. The fourth-order valence-corrected chi connectivity index (χ4v) is 1.84. The van der Waals surface area contributed by atoms with Gasteiger partial charge in [0.1, 0.15) is 5.60 Å². The van der Waals surface area contributed by atoms with Gasteiger partial charge in [-0.25, -0.2) is 10.2 Å². The van der Waals surface area contributed by atoms with Gasteiger partial charge in [-0.05, 0) is 56.2 Å². The van der Waals surface area contributed by atoms with Crippen molar-refractivity contribution >= 4 is 12.0 Å². The number of benzene rings is 1. The maximum atomic E-state index is 12.0. The average molecular weight is 313 g/mol. The highest BCUT2D eigenvalue weighted by molar-refractivity contribution is 5.95. The Morgan fingerprint density at radius 2 is 1.48 bits per heavy atom. The second-order valence-corrected chi connectivity index (χ2v) is 5.89. The Hall–Kier alpha value is -2.89. The van der Waals surface area contributed by atoms with Gasteiger partial charge in [-0.2, -0.15) is 0 Å². The lowest BCUT2D eigenvalue weighted by Crippen LogP contribution is -2.44. The molecule has 0 fully saturated rings. The summed E-state index contributed by atoms with van der Waals surface area (Å²) >= 11 is 0. The third-order valence-corrected chi connectivity index (χ3v) is 2.84. The molecule has 0 radical (unpaired) electrons. The van der Waals surface area contributed by atoms with Crippen molar-refractivity contribution in [2.75, 3.05) is 0 Å². The molecule has 0 aliphatic heterocycles. The van der Waals surface area contributed by atoms with E-state index in [4.69, 9.17) is 4.74 Å². The summed E-state index contributed by atoms with van der Waals surface area (Å²) in [6, 6.07) is 10.8. The van der Waals surface area contributed by atoms with E-state index in [0.717, 1.165) is 11.1 Å². The van der Waals surface area contributed by atoms with E-state index in [1.807, 2.05) is 24.3 Å². The summed E-state index contributed by atoms with van der Waals surface area (Å²) in [5.41, 5.74) is 6.32. The topological polar surface area (TPSA) is 80.3 Å². The molecule has 1 aromatic heterocycles. The van der Waals surface area contributed by atoms with Crippen LogP contribution in [0.5, 0.6) is 0 Å². The van der Waals surface area contributed by atoms with E-state index in [2.05, 4.69) is 15.8 Å². The minimum Gasteiger partial charge on any atom is -0.443 e. The van der Waals surface area contributed by atoms with E-state index in [0.29, 0.717) is 5.56 Å². The van der Waals surface area contributed by atoms with Crippen LogP contribution in [0.2, 0.25) is 0 Å². The average Bonchev–Trinajstić information content (AvgIpc) is 2.52. The van der Waals surface area contributed by atoms with Gasteiger partial charge in [-0.3, -0.25) is 15.2 Å². The van der Waals surface area contributed by atoms with Crippen molar-refractivity contribution in [2.24, 2.45) is 0 Å². The summed E-state index contributed by atoms with van der Waals surface area (Å²) in [5, 5.41) is 0. The predicted octanol–water partition coefficient (Wildman–Crippen LogP) is 2.92. The highest BCUT2D eigenvalue weighted by Gasteiger charge is 2.16. The number of carbonyl (C=O) groups excluding carboxylic acids is 2. The predicted molar refractivity (Wildman–Crippen MR) is 86.5 cm³/mol. The molecule has 2 aromatic rings. The van der Waals surface area contributed by atoms with E-state index in [9.17, 15) is 9.59 Å². The summed E-state index contributed by atoms with van der Waals surface area (Å²) in [6.07, 6.45) is 2.71. The van der Waals surface area contributed by atoms with Crippen LogP contribution in [-0.4, -0.2) is 22.6 Å². The Morgan fingerprint density at radius 3 is 2.04 bits per heavy atom. The molecule has 0 aliphatic carbocycles. The Morgan fingerprint density at radius 1 is 0.913 bits per heavy atom. The second-order valence-electron chi connectivity index (χ2n) is 5.89. The van der Waals surface area contributed by atoms with E-state index < -0.39 is 17.6 Å². The summed E-state index contributed by atoms with van der Waals surface area (Å²) in [6.45, 7) is 5.23. The first-order valence-electron chi connectivity index (χ1n) is 7.15. The van der Waals surface area contributed by atoms with Gasteiger partial charge in [0.25, 0.3) is 5.91 Å². The van der Waals surface area contributed by atoms with Crippen molar-refractivity contribution in [3.05, 3.63) is 54.4 Å². The zero-order chi connectivity index (χ0) is 16.9. The number of carbonyl (C=O) groups is 2. The van der Waals surface area contributed by atoms with Crippen LogP contribution in [0.3, 0.4) is 0 Å². The van der Waals surface area contributed by atoms with Gasteiger partial charge in [0.15, 0.2) is 0 Å². The SMILES string of the molecule is CC(C)(C)OC(=O)NNC(=O)c1ccc(-c2ccncc2)cc1. The van der Waals surface area contributed by atoms with Crippen LogP contribution in [0, 0.1) is 0 Å². The third-order valence-electron chi connectivity index (χ3n) is 2.84. The quantitative estimate of drug-likeness (QED) is 0.835. The molecule has 120 valence electrons. The molecule has 1 aromatic carbocycles. The van der Waals surface area contributed by atoms with Crippen molar-refractivity contribution in [2.45, 2.75) is 26.4 Å². The van der Waals surface area contributed by atoms with Gasteiger partial charge < -0.3 is 4.74 Å². The first-order chi connectivity index (χ1) is 10.8. The molecule has 0 unspecified atom stereocenters. The van der Waals surface area contributed by atoms with Crippen LogP contribution >= 0.6 is 0 Å². The van der Waals surface area contributed by atoms with Gasteiger partial charge in [-0.1, -0.05) is 12.1 Å². The van der Waals surface area contributed by atoms with Crippen LogP contribution in [-0.2, 0) is 4.74 Å². The van der Waals surface area contributed by atoms with Crippen molar-refractivity contribution in [1.29, 1.82) is 0 Å². The molecule has 0 aliphatic rings.